The van der Waals surface area contributed by atoms with Crippen molar-refractivity contribution in [3.63, 3.8) is 0 Å². The molecule has 0 aliphatic rings. The van der Waals surface area contributed by atoms with Crippen LogP contribution in [-0.4, -0.2) is 0 Å². The predicted molar refractivity (Wildman–Crippen MR) is 63.1 cm³/mol. The van der Waals surface area contributed by atoms with Crippen molar-refractivity contribution in [3.8, 4) is 0 Å². The molecule has 0 aromatic heterocycles. The van der Waals surface area contributed by atoms with Gasteiger partial charge in [0.1, 0.15) is 0 Å². The molecule has 1 atom stereocenters. The summed E-state index contributed by atoms with van der Waals surface area (Å²) in [7, 11) is 0. The fourth-order valence-corrected chi connectivity index (χ4v) is 1.55. The Balaban J connectivity index is 2.22. The van der Waals surface area contributed by atoms with E-state index in [0.29, 0.717) is 0 Å². The summed E-state index contributed by atoms with van der Waals surface area (Å²) in [5, 5.41) is 0. The molecule has 0 heteroatoms. The molecule has 1 radical (unpaired) electrons. The van der Waals surface area contributed by atoms with Crippen LogP contribution in [0, 0.1) is 11.8 Å². The molecule has 0 saturated carbocycles. The Morgan fingerprint density at radius 2 is 1.79 bits per heavy atom. The highest BCUT2D eigenvalue weighted by Crippen LogP contribution is 2.18. The first-order chi connectivity index (χ1) is 6.70. The summed E-state index contributed by atoms with van der Waals surface area (Å²) in [4.78, 5) is 0. The Morgan fingerprint density at radius 1 is 1.14 bits per heavy atom. The highest BCUT2D eigenvalue weighted by molar-refractivity contribution is 5.14. The number of benzene rings is 1. The van der Waals surface area contributed by atoms with Gasteiger partial charge in [0.25, 0.3) is 0 Å². The molecule has 1 aromatic carbocycles. The molecule has 0 aliphatic heterocycles. The third-order valence-corrected chi connectivity index (χ3v) is 2.93. The van der Waals surface area contributed by atoms with Gasteiger partial charge in [0, 0.05) is 0 Å². The van der Waals surface area contributed by atoms with Crippen molar-refractivity contribution in [2.45, 2.75) is 40.0 Å². The first kappa shape index (κ1) is 11.3. The van der Waals surface area contributed by atoms with Crippen LogP contribution in [0.25, 0.3) is 0 Å². The summed E-state index contributed by atoms with van der Waals surface area (Å²) in [6.07, 6.45) is 3.84. The van der Waals surface area contributed by atoms with E-state index in [0.717, 1.165) is 5.92 Å². The van der Waals surface area contributed by atoms with Crippen LogP contribution in [-0.2, 0) is 6.42 Å². The molecule has 0 spiro atoms. The average molecular weight is 189 g/mol. The van der Waals surface area contributed by atoms with Crippen molar-refractivity contribution in [1.29, 1.82) is 0 Å². The molecule has 0 amide bonds. The van der Waals surface area contributed by atoms with Gasteiger partial charge < -0.3 is 0 Å². The summed E-state index contributed by atoms with van der Waals surface area (Å²) in [6, 6.07) is 10.8. The molecule has 0 fully saturated rings. The highest BCUT2D eigenvalue weighted by Gasteiger charge is 2.06. The molecule has 0 nitrogen and oxygen atoms in total. The van der Waals surface area contributed by atoms with Gasteiger partial charge in [-0.1, -0.05) is 51.1 Å². The van der Waals surface area contributed by atoms with Crippen LogP contribution in [0.15, 0.2) is 30.3 Å². The number of aryl methyl sites for hydroxylation is 1. The van der Waals surface area contributed by atoms with Crippen LogP contribution in [0.1, 0.15) is 39.2 Å². The van der Waals surface area contributed by atoms with Crippen molar-refractivity contribution < 1.29 is 0 Å². The zero-order chi connectivity index (χ0) is 10.4. The molecule has 1 rings (SSSR count). The quantitative estimate of drug-likeness (QED) is 0.649. The zero-order valence-electron chi connectivity index (χ0n) is 9.59. The van der Waals surface area contributed by atoms with E-state index in [9.17, 15) is 0 Å². The summed E-state index contributed by atoms with van der Waals surface area (Å²) < 4.78 is 0. The van der Waals surface area contributed by atoms with E-state index in [2.05, 4.69) is 51.1 Å². The second-order valence-electron chi connectivity index (χ2n) is 4.36. The molecular formula is C14H21. The largest absolute Gasteiger partial charge is 0.0622 e. The van der Waals surface area contributed by atoms with Crippen LogP contribution in [0.5, 0.6) is 0 Å². The lowest BCUT2D eigenvalue weighted by atomic mass is 9.92. The third-order valence-electron chi connectivity index (χ3n) is 2.93. The first-order valence-corrected chi connectivity index (χ1v) is 5.54. The molecule has 0 heterocycles. The molecule has 14 heavy (non-hydrogen) atoms. The van der Waals surface area contributed by atoms with Crippen molar-refractivity contribution in [2.24, 2.45) is 5.92 Å². The Hall–Kier alpha value is -0.780. The van der Waals surface area contributed by atoms with E-state index in [1.807, 2.05) is 0 Å². The van der Waals surface area contributed by atoms with Crippen LogP contribution < -0.4 is 0 Å². The maximum atomic E-state index is 2.32. The smallest absolute Gasteiger partial charge is 0.0275 e. The lowest BCUT2D eigenvalue weighted by Gasteiger charge is -2.14. The van der Waals surface area contributed by atoms with Crippen LogP contribution in [0.3, 0.4) is 0 Å². The summed E-state index contributed by atoms with van der Waals surface area (Å²) in [6.45, 7) is 6.78. The number of hydrogen-bond donors (Lipinski definition) is 0. The maximum Gasteiger partial charge on any atom is -0.0275 e. The SMILES string of the molecule is C[C](C)C(C)CCCc1ccccc1. The molecule has 1 unspecified atom stereocenters. The second-order valence-corrected chi connectivity index (χ2v) is 4.36. The first-order valence-electron chi connectivity index (χ1n) is 5.54. The minimum Gasteiger partial charge on any atom is -0.0622 e. The van der Waals surface area contributed by atoms with Crippen LogP contribution in [0.2, 0.25) is 0 Å². The van der Waals surface area contributed by atoms with E-state index in [1.54, 1.807) is 5.92 Å². The average Bonchev–Trinajstić information content (AvgIpc) is 2.19. The standard InChI is InChI=1S/C14H21/c1-12(2)13(3)8-7-11-14-9-5-4-6-10-14/h4-6,9-10,13H,7-8,11H2,1-3H3. The van der Waals surface area contributed by atoms with Gasteiger partial charge in [0.15, 0.2) is 0 Å². The molecular weight excluding hydrogens is 168 g/mol. The fraction of sp³-hybridized carbons (Fsp3) is 0.500. The Kier molecular flexibility index (Phi) is 4.72. The second kappa shape index (κ2) is 5.85. The Morgan fingerprint density at radius 3 is 2.36 bits per heavy atom. The van der Waals surface area contributed by atoms with E-state index >= 15 is 0 Å². The Bertz CT molecular complexity index is 235. The number of hydrogen-bond acceptors (Lipinski definition) is 0. The lowest BCUT2D eigenvalue weighted by Crippen LogP contribution is -2.02. The van der Waals surface area contributed by atoms with Gasteiger partial charge >= 0.3 is 0 Å². The summed E-state index contributed by atoms with van der Waals surface area (Å²) in [5.41, 5.74) is 1.47. The van der Waals surface area contributed by atoms with E-state index in [4.69, 9.17) is 0 Å². The van der Waals surface area contributed by atoms with Crippen molar-refractivity contribution in [1.82, 2.24) is 0 Å². The molecule has 0 N–H and O–H groups in total. The van der Waals surface area contributed by atoms with Gasteiger partial charge in [-0.25, -0.2) is 0 Å². The van der Waals surface area contributed by atoms with Crippen molar-refractivity contribution in [2.75, 3.05) is 0 Å². The van der Waals surface area contributed by atoms with E-state index in [-0.39, 0.29) is 0 Å². The van der Waals surface area contributed by atoms with Gasteiger partial charge in [0.05, 0.1) is 0 Å². The molecule has 0 saturated heterocycles. The molecule has 0 aliphatic carbocycles. The molecule has 77 valence electrons. The van der Waals surface area contributed by atoms with Gasteiger partial charge in [-0.15, -0.1) is 0 Å². The predicted octanol–water partition coefficient (Wildman–Crippen LogP) is 4.26. The van der Waals surface area contributed by atoms with Crippen LogP contribution >= 0.6 is 0 Å². The Labute approximate surface area is 88.4 Å². The van der Waals surface area contributed by atoms with Gasteiger partial charge in [-0.05, 0) is 36.7 Å². The highest BCUT2D eigenvalue weighted by atomic mass is 14.1. The van der Waals surface area contributed by atoms with Crippen molar-refractivity contribution >= 4 is 0 Å². The minimum absolute atomic E-state index is 0.777. The van der Waals surface area contributed by atoms with Gasteiger partial charge in [-0.3, -0.25) is 0 Å². The zero-order valence-corrected chi connectivity index (χ0v) is 9.59. The number of rotatable bonds is 5. The summed E-state index contributed by atoms with van der Waals surface area (Å²) >= 11 is 0. The monoisotopic (exact) mass is 189 g/mol. The molecule has 0 bridgehead atoms. The third kappa shape index (κ3) is 3.95. The molecule has 1 aromatic rings. The minimum atomic E-state index is 0.777. The summed E-state index contributed by atoms with van der Waals surface area (Å²) in [5.74, 6) is 2.33. The van der Waals surface area contributed by atoms with Crippen molar-refractivity contribution in [3.05, 3.63) is 41.8 Å². The normalized spacial score (nSPS) is 13.1. The maximum absolute atomic E-state index is 2.32. The van der Waals surface area contributed by atoms with Crippen LogP contribution in [0.4, 0.5) is 0 Å². The fourth-order valence-electron chi connectivity index (χ4n) is 1.55. The topological polar surface area (TPSA) is 0 Å². The van der Waals surface area contributed by atoms with E-state index in [1.165, 1.54) is 24.8 Å². The van der Waals surface area contributed by atoms with Gasteiger partial charge in [-0.2, -0.15) is 0 Å². The van der Waals surface area contributed by atoms with Gasteiger partial charge in [0.2, 0.25) is 0 Å². The van der Waals surface area contributed by atoms with E-state index < -0.39 is 0 Å². The lowest BCUT2D eigenvalue weighted by molar-refractivity contribution is 0.527.